The number of ether oxygens (including phenoxy) is 5. The number of cyclic esters (lactones) is 1. The molecule has 2 aliphatic rings. The molecule has 3 aromatic rings. The highest BCUT2D eigenvalue weighted by atomic mass is 16.7. The van der Waals surface area contributed by atoms with Crippen LogP contribution in [0, 0.1) is 11.3 Å². The summed E-state index contributed by atoms with van der Waals surface area (Å²) < 4.78 is 30.0. The molecule has 0 amide bonds. The lowest BCUT2D eigenvalue weighted by molar-refractivity contribution is -0.175. The summed E-state index contributed by atoms with van der Waals surface area (Å²) in [7, 11) is 0. The normalized spacial score (nSPS) is 19.8. The minimum Gasteiger partial charge on any atom is -0.460 e. The SMILES string of the molecule is C[C@@H](CC[C@@H](O)C/C=C/C(=O)CCCc1cccc2c1C(=O)OC(C)(C)O2)[C@H](O)C[C@H](C[C@@H]1CCC[C@H](C(C)(C)C(=O)OCc2ccccc2)O1)OCc1ccccc1. The number of aryl methyl sites for hydroxylation is 1. The van der Waals surface area contributed by atoms with Crippen molar-refractivity contribution in [1.29, 1.82) is 0 Å². The molecule has 3 aromatic carbocycles. The molecule has 320 valence electrons. The summed E-state index contributed by atoms with van der Waals surface area (Å²) >= 11 is 0. The molecule has 1 saturated heterocycles. The Balaban J connectivity index is 1.06. The zero-order valence-electron chi connectivity index (χ0n) is 35.5. The van der Waals surface area contributed by atoms with Crippen LogP contribution in [0.2, 0.25) is 0 Å². The van der Waals surface area contributed by atoms with E-state index in [1.54, 1.807) is 26.0 Å². The Hall–Kier alpha value is -4.35. The van der Waals surface area contributed by atoms with Gasteiger partial charge in [0.25, 0.3) is 0 Å². The standard InChI is InChI=1S/C49H64O10/c1-34(28-29-39(51)24-14-23-38(50)22-12-20-37-21-13-26-43-45(37)46(53)59-49(4,5)58-43)42(52)31-41(55-32-35-16-8-6-9-17-35)30-40-25-15-27-44(57-40)48(2,3)47(54)56-33-36-18-10-7-11-19-36/h6-11,13-14,16-19,21,23,26,34,39-42,44,51-52H,12,15,20,22,24-25,27-33H2,1-5H3/b23-14+/t34-,39-,40-,41-,42+,44+/m0/s1. The maximum Gasteiger partial charge on any atom is 0.345 e. The molecular formula is C49H64O10. The summed E-state index contributed by atoms with van der Waals surface area (Å²) in [6.07, 6.45) is 7.46. The van der Waals surface area contributed by atoms with Gasteiger partial charge in [-0.15, -0.1) is 0 Å². The van der Waals surface area contributed by atoms with Gasteiger partial charge >= 0.3 is 11.9 Å². The van der Waals surface area contributed by atoms with E-state index in [4.69, 9.17) is 23.7 Å². The number of carbonyl (C=O) groups is 3. The number of ketones is 1. The topological polar surface area (TPSA) is 138 Å². The number of rotatable bonds is 22. The first-order chi connectivity index (χ1) is 28.2. The van der Waals surface area contributed by atoms with E-state index in [-0.39, 0.29) is 42.6 Å². The molecule has 6 atom stereocenters. The van der Waals surface area contributed by atoms with Crippen molar-refractivity contribution in [2.45, 2.75) is 155 Å². The van der Waals surface area contributed by atoms with E-state index in [1.807, 2.05) is 93.6 Å². The van der Waals surface area contributed by atoms with Crippen LogP contribution in [-0.2, 0) is 48.2 Å². The lowest BCUT2D eigenvalue weighted by Crippen LogP contribution is -2.45. The van der Waals surface area contributed by atoms with Crippen molar-refractivity contribution in [3.05, 3.63) is 113 Å². The van der Waals surface area contributed by atoms with Crippen molar-refractivity contribution in [3.8, 4) is 5.75 Å². The number of carbonyl (C=O) groups excluding carboxylic acids is 3. The Labute approximate surface area is 350 Å². The first-order valence-electron chi connectivity index (χ1n) is 21.3. The van der Waals surface area contributed by atoms with Gasteiger partial charge in [-0.25, -0.2) is 4.79 Å². The molecule has 10 nitrogen and oxygen atoms in total. The molecule has 10 heteroatoms. The van der Waals surface area contributed by atoms with Crippen LogP contribution in [0.1, 0.15) is 126 Å². The molecule has 0 aliphatic carbocycles. The van der Waals surface area contributed by atoms with Crippen molar-refractivity contribution in [2.75, 3.05) is 0 Å². The highest BCUT2D eigenvalue weighted by molar-refractivity contribution is 5.95. The fourth-order valence-electron chi connectivity index (χ4n) is 7.78. The summed E-state index contributed by atoms with van der Waals surface area (Å²) in [6, 6.07) is 25.0. The van der Waals surface area contributed by atoms with Crippen LogP contribution >= 0.6 is 0 Å². The third kappa shape index (κ3) is 14.1. The lowest BCUT2D eigenvalue weighted by atomic mass is 9.81. The van der Waals surface area contributed by atoms with Crippen molar-refractivity contribution in [1.82, 2.24) is 0 Å². The van der Waals surface area contributed by atoms with E-state index < -0.39 is 29.4 Å². The van der Waals surface area contributed by atoms with E-state index >= 15 is 0 Å². The Morgan fingerprint density at radius 1 is 0.915 bits per heavy atom. The largest absolute Gasteiger partial charge is 0.460 e. The van der Waals surface area contributed by atoms with Crippen LogP contribution in [0.25, 0.3) is 0 Å². The number of benzene rings is 3. The van der Waals surface area contributed by atoms with E-state index in [2.05, 4.69) is 0 Å². The highest BCUT2D eigenvalue weighted by Gasteiger charge is 2.42. The van der Waals surface area contributed by atoms with Crippen LogP contribution in [0.5, 0.6) is 5.75 Å². The zero-order chi connectivity index (χ0) is 42.4. The molecule has 5 rings (SSSR count). The molecule has 0 unspecified atom stereocenters. The van der Waals surface area contributed by atoms with E-state index in [0.29, 0.717) is 69.3 Å². The maximum atomic E-state index is 13.3. The van der Waals surface area contributed by atoms with Crippen LogP contribution in [-0.4, -0.2) is 64.2 Å². The van der Waals surface area contributed by atoms with Gasteiger partial charge in [0.2, 0.25) is 5.79 Å². The maximum absolute atomic E-state index is 13.3. The highest BCUT2D eigenvalue weighted by Crippen LogP contribution is 2.37. The molecule has 1 fully saturated rings. The molecule has 0 radical (unpaired) electrons. The third-order valence-corrected chi connectivity index (χ3v) is 11.5. The predicted octanol–water partition coefficient (Wildman–Crippen LogP) is 9.02. The van der Waals surface area contributed by atoms with Gasteiger partial charge in [-0.3, -0.25) is 9.59 Å². The second kappa shape index (κ2) is 21.8. The Bertz CT molecular complexity index is 1820. The fourth-order valence-corrected chi connectivity index (χ4v) is 7.78. The summed E-state index contributed by atoms with van der Waals surface area (Å²) in [5.74, 6) is -1.39. The molecular weight excluding hydrogens is 749 g/mol. The Morgan fingerprint density at radius 3 is 2.32 bits per heavy atom. The number of aliphatic hydroxyl groups is 2. The second-order valence-corrected chi connectivity index (χ2v) is 17.3. The first-order valence-corrected chi connectivity index (χ1v) is 21.3. The molecule has 59 heavy (non-hydrogen) atoms. The summed E-state index contributed by atoms with van der Waals surface area (Å²) in [4.78, 5) is 38.5. The van der Waals surface area contributed by atoms with Crippen LogP contribution in [0.4, 0.5) is 0 Å². The first kappa shape index (κ1) is 45.7. The summed E-state index contributed by atoms with van der Waals surface area (Å²) in [6.45, 7) is 9.76. The lowest BCUT2D eigenvalue weighted by Gasteiger charge is -2.39. The molecule has 2 N–H and O–H groups in total. The molecule has 0 aromatic heterocycles. The zero-order valence-corrected chi connectivity index (χ0v) is 35.5. The summed E-state index contributed by atoms with van der Waals surface area (Å²) in [5.41, 5.74) is 2.35. The van der Waals surface area contributed by atoms with Crippen molar-refractivity contribution >= 4 is 17.7 Å². The average Bonchev–Trinajstić information content (AvgIpc) is 3.21. The number of fused-ring (bicyclic) bond motifs is 1. The predicted molar refractivity (Wildman–Crippen MR) is 225 cm³/mol. The van der Waals surface area contributed by atoms with Gasteiger partial charge < -0.3 is 33.9 Å². The third-order valence-electron chi connectivity index (χ3n) is 11.5. The van der Waals surface area contributed by atoms with Gasteiger partial charge in [0.1, 0.15) is 17.9 Å². The second-order valence-electron chi connectivity index (χ2n) is 17.3. The number of allylic oxidation sites excluding steroid dienone is 1. The van der Waals surface area contributed by atoms with Gasteiger partial charge in [0, 0.05) is 20.3 Å². The molecule has 0 saturated carbocycles. The molecule has 0 spiro atoms. The number of hydrogen-bond acceptors (Lipinski definition) is 10. The van der Waals surface area contributed by atoms with Crippen LogP contribution in [0.15, 0.2) is 91.0 Å². The average molecular weight is 813 g/mol. The monoisotopic (exact) mass is 812 g/mol. The van der Waals surface area contributed by atoms with Crippen molar-refractivity contribution in [2.24, 2.45) is 11.3 Å². The number of aliphatic hydroxyl groups excluding tert-OH is 2. The van der Waals surface area contributed by atoms with E-state index in [1.165, 1.54) is 6.08 Å². The number of esters is 2. The van der Waals surface area contributed by atoms with Crippen LogP contribution < -0.4 is 4.74 Å². The van der Waals surface area contributed by atoms with Crippen molar-refractivity contribution < 1.29 is 48.3 Å². The van der Waals surface area contributed by atoms with Crippen LogP contribution in [0.3, 0.4) is 0 Å². The van der Waals surface area contributed by atoms with Gasteiger partial charge in [0.15, 0.2) is 5.78 Å². The Morgan fingerprint density at radius 2 is 1.61 bits per heavy atom. The minimum absolute atomic E-state index is 0.0490. The number of hydrogen-bond donors (Lipinski definition) is 2. The summed E-state index contributed by atoms with van der Waals surface area (Å²) in [5, 5.41) is 22.1. The smallest absolute Gasteiger partial charge is 0.345 e. The van der Waals surface area contributed by atoms with Crippen molar-refractivity contribution in [3.63, 3.8) is 0 Å². The Kier molecular flexibility index (Phi) is 16.9. The fraction of sp³-hybridized carbons (Fsp3) is 0.531. The van der Waals surface area contributed by atoms with Gasteiger partial charge in [-0.05, 0) is 113 Å². The van der Waals surface area contributed by atoms with Gasteiger partial charge in [0.05, 0.1) is 42.5 Å². The van der Waals surface area contributed by atoms with E-state index in [0.717, 1.165) is 36.0 Å². The van der Waals surface area contributed by atoms with Gasteiger partial charge in [-0.1, -0.05) is 85.8 Å². The van der Waals surface area contributed by atoms with E-state index in [9.17, 15) is 24.6 Å². The molecule has 2 aliphatic heterocycles. The molecule has 2 heterocycles. The van der Waals surface area contributed by atoms with Gasteiger partial charge in [-0.2, -0.15) is 0 Å². The molecule has 0 bridgehead atoms. The quantitative estimate of drug-likeness (QED) is 0.0747. The minimum atomic E-state index is -1.02.